The summed E-state index contributed by atoms with van der Waals surface area (Å²) in [5, 5.41) is 2.65. The molecule has 10 heteroatoms. The maximum atomic E-state index is 13.6. The second kappa shape index (κ2) is 10.8. The van der Waals surface area contributed by atoms with E-state index in [1.807, 2.05) is 23.0 Å². The van der Waals surface area contributed by atoms with Gasteiger partial charge in [-0.2, -0.15) is 0 Å². The second-order valence-electron chi connectivity index (χ2n) is 9.03. The number of thiazole rings is 1. The van der Waals surface area contributed by atoms with Gasteiger partial charge in [0.25, 0.3) is 5.91 Å². The third-order valence-electron chi connectivity index (χ3n) is 6.75. The highest BCUT2D eigenvalue weighted by atomic mass is 35.5. The summed E-state index contributed by atoms with van der Waals surface area (Å²) in [5.74, 6) is -0.0351. The highest BCUT2D eigenvalue weighted by molar-refractivity contribution is 7.07. The average molecular weight is 545 g/mol. The predicted molar refractivity (Wildman–Crippen MR) is 143 cm³/mol. The Bertz CT molecular complexity index is 1250. The van der Waals surface area contributed by atoms with Crippen molar-refractivity contribution in [3.8, 4) is 17.0 Å². The Morgan fingerprint density at radius 1 is 1.17 bits per heavy atom. The maximum absolute atomic E-state index is 13.6. The summed E-state index contributed by atoms with van der Waals surface area (Å²) in [6.45, 7) is 2.50. The molecule has 7 nitrogen and oxygen atoms in total. The van der Waals surface area contributed by atoms with Gasteiger partial charge < -0.3 is 14.5 Å². The molecular weight excluding hydrogens is 519 g/mol. The molecule has 5 rings (SSSR count). The van der Waals surface area contributed by atoms with Crippen LogP contribution in [0.1, 0.15) is 24.4 Å². The molecule has 2 amide bonds. The van der Waals surface area contributed by atoms with Gasteiger partial charge in [0, 0.05) is 30.6 Å². The average Bonchev–Trinajstić information content (AvgIpc) is 3.60. The Kier molecular flexibility index (Phi) is 7.48. The maximum Gasteiger partial charge on any atom is 0.265 e. The number of halogens is 2. The molecule has 2 aliphatic rings. The lowest BCUT2D eigenvalue weighted by atomic mass is 10.0. The molecule has 36 heavy (non-hydrogen) atoms. The number of carbonyl (C=O) groups is 2. The number of ether oxygens (including phenoxy) is 1. The molecular formula is C26H26Cl2N4O3S. The Balaban J connectivity index is 1.39. The van der Waals surface area contributed by atoms with Gasteiger partial charge in [-0.25, -0.2) is 4.98 Å². The van der Waals surface area contributed by atoms with Crippen LogP contribution in [-0.2, 0) is 9.59 Å². The van der Waals surface area contributed by atoms with Crippen LogP contribution in [0.25, 0.3) is 11.3 Å². The van der Waals surface area contributed by atoms with Crippen LogP contribution in [-0.4, -0.2) is 66.4 Å². The number of aromatic nitrogens is 1. The quantitative estimate of drug-likeness (QED) is 0.412. The van der Waals surface area contributed by atoms with Gasteiger partial charge in [-0.1, -0.05) is 47.5 Å². The number of fused-ring (bicyclic) bond motifs is 1. The van der Waals surface area contributed by atoms with Crippen molar-refractivity contribution in [2.24, 2.45) is 0 Å². The molecule has 1 fully saturated rings. The summed E-state index contributed by atoms with van der Waals surface area (Å²) in [7, 11) is 1.80. The summed E-state index contributed by atoms with van der Waals surface area (Å²) in [6.07, 6.45) is 2.32. The van der Waals surface area contributed by atoms with E-state index >= 15 is 0 Å². The van der Waals surface area contributed by atoms with E-state index in [-0.39, 0.29) is 31.0 Å². The van der Waals surface area contributed by atoms with Crippen LogP contribution in [0.4, 0.5) is 5.69 Å². The first-order valence-electron chi connectivity index (χ1n) is 11.8. The largest absolute Gasteiger partial charge is 0.482 e. The first kappa shape index (κ1) is 25.0. The minimum Gasteiger partial charge on any atom is -0.482 e. The van der Waals surface area contributed by atoms with Crippen LogP contribution in [0.5, 0.6) is 5.75 Å². The molecule has 0 aliphatic carbocycles. The van der Waals surface area contributed by atoms with Gasteiger partial charge in [-0.15, -0.1) is 11.3 Å². The molecule has 1 saturated heterocycles. The van der Waals surface area contributed by atoms with Gasteiger partial charge in [-0.3, -0.25) is 14.5 Å². The van der Waals surface area contributed by atoms with Gasteiger partial charge >= 0.3 is 0 Å². The van der Waals surface area contributed by atoms with Crippen LogP contribution in [0.2, 0.25) is 10.0 Å². The van der Waals surface area contributed by atoms with Crippen molar-refractivity contribution in [3.63, 3.8) is 0 Å². The molecule has 3 aromatic rings. The van der Waals surface area contributed by atoms with Crippen molar-refractivity contribution >= 4 is 52.0 Å². The molecule has 1 unspecified atom stereocenters. The smallest absolute Gasteiger partial charge is 0.265 e. The first-order chi connectivity index (χ1) is 17.4. The van der Waals surface area contributed by atoms with Gasteiger partial charge in [0.2, 0.25) is 5.91 Å². The standard InChI is InChI=1S/C26H26Cl2N4O3S/c1-30(25(33)13-32-22-10-19(27)20(28)11-24(22)35-14-26(32)34)23(12-31-8-2-3-9-31)18-6-4-17(5-7-18)21-15-36-16-29-21/h4-7,10-11,15-16,23H,2-3,8-9,12-14H2,1H3. The zero-order valence-electron chi connectivity index (χ0n) is 19.8. The zero-order valence-corrected chi connectivity index (χ0v) is 22.2. The summed E-state index contributed by atoms with van der Waals surface area (Å²) < 4.78 is 5.52. The minimum atomic E-state index is -0.300. The zero-order chi connectivity index (χ0) is 25.2. The topological polar surface area (TPSA) is 66.0 Å². The predicted octanol–water partition coefficient (Wildman–Crippen LogP) is 5.14. The molecule has 3 heterocycles. The number of hydrogen-bond donors (Lipinski definition) is 0. The first-order valence-corrected chi connectivity index (χ1v) is 13.5. The van der Waals surface area contributed by atoms with Crippen LogP contribution < -0.4 is 9.64 Å². The van der Waals surface area contributed by atoms with E-state index in [4.69, 9.17) is 27.9 Å². The Labute approximate surface area is 224 Å². The molecule has 0 spiro atoms. The number of hydrogen-bond acceptors (Lipinski definition) is 6. The monoisotopic (exact) mass is 544 g/mol. The number of likely N-dealkylation sites (tertiary alicyclic amines) is 1. The molecule has 0 saturated carbocycles. The summed E-state index contributed by atoms with van der Waals surface area (Å²) in [5.41, 5.74) is 5.29. The number of rotatable bonds is 7. The van der Waals surface area contributed by atoms with Crippen molar-refractivity contribution < 1.29 is 14.3 Å². The van der Waals surface area contributed by atoms with Gasteiger partial charge in [0.1, 0.15) is 12.3 Å². The van der Waals surface area contributed by atoms with Gasteiger partial charge in [0.15, 0.2) is 6.61 Å². The fraction of sp³-hybridized carbons (Fsp3) is 0.346. The van der Waals surface area contributed by atoms with E-state index in [2.05, 4.69) is 22.0 Å². The Morgan fingerprint density at radius 2 is 1.89 bits per heavy atom. The molecule has 0 bridgehead atoms. The fourth-order valence-electron chi connectivity index (χ4n) is 4.68. The van der Waals surface area contributed by atoms with Crippen molar-refractivity contribution in [1.29, 1.82) is 0 Å². The van der Waals surface area contributed by atoms with E-state index in [1.54, 1.807) is 35.4 Å². The Hall–Kier alpha value is -2.65. The summed E-state index contributed by atoms with van der Waals surface area (Å²) in [4.78, 5) is 36.2. The summed E-state index contributed by atoms with van der Waals surface area (Å²) in [6, 6.07) is 11.2. The number of carbonyl (C=O) groups excluding carboxylic acids is 2. The minimum absolute atomic E-state index is 0.114. The SMILES string of the molecule is CN(C(=O)CN1C(=O)COc2cc(Cl)c(Cl)cc21)C(CN1CCCC1)c1ccc(-c2cscn2)cc1. The van der Waals surface area contributed by atoms with E-state index < -0.39 is 0 Å². The number of nitrogens with zero attached hydrogens (tertiary/aromatic N) is 4. The molecule has 2 aliphatic heterocycles. The molecule has 0 N–H and O–H groups in total. The van der Waals surface area contributed by atoms with Crippen LogP contribution in [0, 0.1) is 0 Å². The lowest BCUT2D eigenvalue weighted by molar-refractivity contribution is -0.133. The third-order valence-corrected chi connectivity index (χ3v) is 8.06. The molecule has 2 aromatic carbocycles. The lowest BCUT2D eigenvalue weighted by Crippen LogP contribution is -2.47. The van der Waals surface area contributed by atoms with Gasteiger partial charge in [0.05, 0.1) is 33.0 Å². The number of amides is 2. The highest BCUT2D eigenvalue weighted by Crippen LogP contribution is 2.39. The van der Waals surface area contributed by atoms with E-state index in [9.17, 15) is 9.59 Å². The summed E-state index contributed by atoms with van der Waals surface area (Å²) >= 11 is 13.9. The van der Waals surface area contributed by atoms with Crippen LogP contribution in [0.15, 0.2) is 47.3 Å². The molecule has 188 valence electrons. The van der Waals surface area contributed by atoms with Gasteiger partial charge in [-0.05, 0) is 37.6 Å². The lowest BCUT2D eigenvalue weighted by Gasteiger charge is -2.35. The molecule has 0 radical (unpaired) electrons. The highest BCUT2D eigenvalue weighted by Gasteiger charge is 2.32. The normalized spacial score (nSPS) is 16.5. The number of anilines is 1. The third kappa shape index (κ3) is 5.22. The van der Waals surface area contributed by atoms with Crippen molar-refractivity contribution in [3.05, 3.63) is 62.9 Å². The number of likely N-dealkylation sites (N-methyl/N-ethyl adjacent to an activating group) is 1. The number of benzene rings is 2. The Morgan fingerprint density at radius 3 is 2.58 bits per heavy atom. The van der Waals surface area contributed by atoms with Crippen LogP contribution in [0.3, 0.4) is 0 Å². The van der Waals surface area contributed by atoms with E-state index in [0.717, 1.165) is 49.3 Å². The second-order valence-corrected chi connectivity index (χ2v) is 10.6. The van der Waals surface area contributed by atoms with E-state index in [0.29, 0.717) is 21.5 Å². The van der Waals surface area contributed by atoms with Crippen molar-refractivity contribution in [2.45, 2.75) is 18.9 Å². The van der Waals surface area contributed by atoms with E-state index in [1.165, 1.54) is 4.90 Å². The van der Waals surface area contributed by atoms with Crippen molar-refractivity contribution in [2.75, 3.05) is 44.7 Å². The molecule has 1 aromatic heterocycles. The molecule has 1 atom stereocenters. The fourth-order valence-corrected chi connectivity index (χ4v) is 5.56. The van der Waals surface area contributed by atoms with Crippen LogP contribution >= 0.6 is 34.5 Å². The van der Waals surface area contributed by atoms with Crippen molar-refractivity contribution in [1.82, 2.24) is 14.8 Å².